The molecule has 0 amide bonds. The summed E-state index contributed by atoms with van der Waals surface area (Å²) in [6, 6.07) is 25.9. The third-order valence-corrected chi connectivity index (χ3v) is 10.3. The van der Waals surface area contributed by atoms with E-state index in [2.05, 4.69) is 0 Å². The summed E-state index contributed by atoms with van der Waals surface area (Å²) in [5.74, 6) is -1.36. The van der Waals surface area contributed by atoms with Gasteiger partial charge in [0.25, 0.3) is 31.6 Å². The molecule has 1 fully saturated rings. The average molecular weight is 713 g/mol. The molecule has 0 aromatic heterocycles. The zero-order chi connectivity index (χ0) is 35.4. The van der Waals surface area contributed by atoms with Crippen molar-refractivity contribution in [1.82, 2.24) is 0 Å². The zero-order valence-corrected chi connectivity index (χ0v) is 27.9. The summed E-state index contributed by atoms with van der Waals surface area (Å²) in [4.78, 5) is 20.3. The predicted octanol–water partition coefficient (Wildman–Crippen LogP) is 5.36. The van der Waals surface area contributed by atoms with Crippen molar-refractivity contribution >= 4 is 31.6 Å². The van der Waals surface area contributed by atoms with Crippen LogP contribution in [0.1, 0.15) is 25.0 Å². The highest BCUT2D eigenvalue weighted by Gasteiger charge is 2.51. The summed E-state index contributed by atoms with van der Waals surface area (Å²) in [5, 5.41) is 22.3. The van der Waals surface area contributed by atoms with Gasteiger partial charge in [0.2, 0.25) is 0 Å². The van der Waals surface area contributed by atoms with Crippen molar-refractivity contribution in [2.24, 2.45) is 0 Å². The van der Waals surface area contributed by atoms with E-state index in [0.29, 0.717) is 11.1 Å². The highest BCUT2D eigenvalue weighted by atomic mass is 32.2. The van der Waals surface area contributed by atoms with Crippen molar-refractivity contribution in [1.29, 1.82) is 0 Å². The third kappa shape index (κ3) is 8.91. The fourth-order valence-corrected chi connectivity index (χ4v) is 7.57. The third-order valence-electron chi connectivity index (χ3n) is 7.63. The van der Waals surface area contributed by atoms with Gasteiger partial charge in [-0.05, 0) is 49.2 Å². The summed E-state index contributed by atoms with van der Waals surface area (Å²) in [6.07, 6.45) is -5.13. The Morgan fingerprint density at radius 2 is 0.939 bits per heavy atom. The summed E-state index contributed by atoms with van der Waals surface area (Å²) in [5.41, 5.74) is 0.698. The van der Waals surface area contributed by atoms with Gasteiger partial charge in [-0.1, -0.05) is 60.7 Å². The van der Waals surface area contributed by atoms with Gasteiger partial charge >= 0.3 is 0 Å². The number of hydrogen-bond donors (Lipinski definition) is 0. The molecule has 0 aliphatic carbocycles. The van der Waals surface area contributed by atoms with Crippen LogP contribution in [0.2, 0.25) is 0 Å². The first-order valence-electron chi connectivity index (χ1n) is 14.9. The number of hydrogen-bond acceptors (Lipinski definition) is 12. The number of benzene rings is 4. The number of rotatable bonds is 14. The van der Waals surface area contributed by atoms with Gasteiger partial charge in [-0.25, -0.2) is 0 Å². The fraction of sp³-hybridized carbons (Fsp3) is 0.273. The molecule has 0 radical (unpaired) electrons. The second-order valence-electron chi connectivity index (χ2n) is 11.6. The highest BCUT2D eigenvalue weighted by molar-refractivity contribution is 7.87. The lowest BCUT2D eigenvalue weighted by atomic mass is 9.94. The molecule has 14 nitrogen and oxygen atoms in total. The lowest BCUT2D eigenvalue weighted by Crippen LogP contribution is -2.47. The van der Waals surface area contributed by atoms with Crippen LogP contribution in [0, 0.1) is 20.2 Å². The van der Waals surface area contributed by atoms with Crippen molar-refractivity contribution in [3.05, 3.63) is 141 Å². The average Bonchev–Trinajstić information content (AvgIpc) is 3.40. The quantitative estimate of drug-likeness (QED) is 0.0926. The number of nitrogens with zero attached hydrogens (tertiary/aromatic N) is 2. The number of ether oxygens (including phenoxy) is 2. The van der Waals surface area contributed by atoms with E-state index in [0.717, 1.165) is 48.5 Å². The Morgan fingerprint density at radius 1 is 0.612 bits per heavy atom. The molecule has 0 saturated carbocycles. The summed E-state index contributed by atoms with van der Waals surface area (Å²) < 4.78 is 78.6. The Labute approximate surface area is 282 Å². The van der Waals surface area contributed by atoms with Gasteiger partial charge in [0.05, 0.1) is 19.6 Å². The molecule has 1 heterocycles. The Balaban J connectivity index is 1.55. The van der Waals surface area contributed by atoms with Gasteiger partial charge < -0.3 is 9.47 Å². The van der Waals surface area contributed by atoms with Gasteiger partial charge in [0.15, 0.2) is 5.79 Å². The monoisotopic (exact) mass is 712 g/mol. The van der Waals surface area contributed by atoms with Gasteiger partial charge in [-0.15, -0.1) is 0 Å². The molecule has 4 aromatic carbocycles. The first kappa shape index (κ1) is 35.7. The molecular formula is C33H32N2O12S2. The fourth-order valence-electron chi connectivity index (χ4n) is 5.40. The highest BCUT2D eigenvalue weighted by Crippen LogP contribution is 2.38. The lowest BCUT2D eigenvalue weighted by Gasteiger charge is -2.30. The molecule has 16 heteroatoms. The molecular weight excluding hydrogens is 680 g/mol. The Hall–Kier alpha value is -4.58. The van der Waals surface area contributed by atoms with Crippen LogP contribution < -0.4 is 0 Å². The minimum absolute atomic E-state index is 0.0270. The van der Waals surface area contributed by atoms with E-state index in [1.165, 1.54) is 0 Å². The molecule has 49 heavy (non-hydrogen) atoms. The van der Waals surface area contributed by atoms with Crippen molar-refractivity contribution in [2.45, 2.75) is 66.7 Å². The van der Waals surface area contributed by atoms with Crippen molar-refractivity contribution in [3.63, 3.8) is 0 Å². The van der Waals surface area contributed by atoms with Gasteiger partial charge in [0.1, 0.15) is 24.4 Å². The molecule has 258 valence electrons. The summed E-state index contributed by atoms with van der Waals surface area (Å²) >= 11 is 0. The van der Waals surface area contributed by atoms with Gasteiger partial charge in [-0.2, -0.15) is 16.8 Å². The van der Waals surface area contributed by atoms with Crippen LogP contribution in [0.25, 0.3) is 0 Å². The van der Waals surface area contributed by atoms with Crippen LogP contribution in [0.15, 0.2) is 119 Å². The summed E-state index contributed by atoms with van der Waals surface area (Å²) in [6.45, 7) is 3.16. The van der Waals surface area contributed by atoms with Gasteiger partial charge in [0, 0.05) is 37.1 Å². The predicted molar refractivity (Wildman–Crippen MR) is 174 cm³/mol. The van der Waals surface area contributed by atoms with Crippen molar-refractivity contribution in [2.75, 3.05) is 0 Å². The maximum Gasteiger partial charge on any atom is 0.297 e. The van der Waals surface area contributed by atoms with E-state index in [9.17, 15) is 37.1 Å². The Bertz CT molecular complexity index is 1850. The van der Waals surface area contributed by atoms with Crippen LogP contribution in [-0.2, 0) is 50.9 Å². The minimum atomic E-state index is -4.57. The van der Waals surface area contributed by atoms with E-state index in [1.54, 1.807) is 74.5 Å². The topological polar surface area (TPSA) is 191 Å². The number of nitro benzene ring substituents is 2. The standard InChI is InChI=1S/C33H32N2O12S2/c1-33(2)44-31(29(21-23-9-5-3-6-10-23)46-48(40,41)27-17-13-25(14-18-27)34(36)37)32(45-33)30(22-24-11-7-4-8-12-24)47-49(42,43)28-19-15-26(16-20-28)35(38)39/h3-20,29-32H,21-22H2,1-2H3/t29-,30-,31-,32-/m1/s1. The van der Waals surface area contributed by atoms with E-state index in [4.69, 9.17) is 17.8 Å². The minimum Gasteiger partial charge on any atom is -0.342 e. The molecule has 0 spiro atoms. The molecule has 4 atom stereocenters. The van der Waals surface area contributed by atoms with E-state index >= 15 is 0 Å². The van der Waals surface area contributed by atoms with Crippen LogP contribution in [0.5, 0.6) is 0 Å². The summed E-state index contributed by atoms with van der Waals surface area (Å²) in [7, 11) is -9.13. The molecule has 0 unspecified atom stereocenters. The van der Waals surface area contributed by atoms with Crippen LogP contribution in [-0.4, -0.2) is 56.9 Å². The zero-order valence-electron chi connectivity index (χ0n) is 26.2. The second-order valence-corrected chi connectivity index (χ2v) is 14.8. The van der Waals surface area contributed by atoms with E-state index in [-0.39, 0.29) is 34.0 Å². The lowest BCUT2D eigenvalue weighted by molar-refractivity contribution is -0.385. The van der Waals surface area contributed by atoms with Crippen molar-refractivity contribution < 1.29 is 44.5 Å². The first-order chi connectivity index (χ1) is 23.1. The SMILES string of the molecule is CC1(C)O[C@H]([C@@H](Cc2ccccc2)OS(=O)(=O)c2ccc([N+](=O)[O-])cc2)[C@@H]([C@@H](Cc2ccccc2)OS(=O)(=O)c2ccc([N+](=O)[O-])cc2)O1. The molecule has 0 N–H and O–H groups in total. The first-order valence-corrected chi connectivity index (χ1v) is 17.7. The molecule has 0 bridgehead atoms. The maximum atomic E-state index is 13.6. The smallest absolute Gasteiger partial charge is 0.297 e. The number of non-ortho nitro benzene ring substituents is 2. The Kier molecular flexibility index (Phi) is 10.6. The van der Waals surface area contributed by atoms with Gasteiger partial charge in [-0.3, -0.25) is 28.6 Å². The van der Waals surface area contributed by atoms with E-state index < -0.39 is 60.3 Å². The molecule has 4 aromatic rings. The van der Waals surface area contributed by atoms with Crippen LogP contribution in [0.4, 0.5) is 11.4 Å². The molecule has 5 rings (SSSR count). The Morgan fingerprint density at radius 3 is 1.24 bits per heavy atom. The maximum absolute atomic E-state index is 13.6. The largest absolute Gasteiger partial charge is 0.342 e. The normalized spacial score (nSPS) is 18.8. The number of nitro groups is 2. The van der Waals surface area contributed by atoms with E-state index in [1.807, 2.05) is 0 Å². The van der Waals surface area contributed by atoms with Crippen LogP contribution in [0.3, 0.4) is 0 Å². The van der Waals surface area contributed by atoms with Crippen molar-refractivity contribution in [3.8, 4) is 0 Å². The second kappa shape index (κ2) is 14.5. The molecule has 1 saturated heterocycles. The molecule has 1 aliphatic rings. The molecule has 1 aliphatic heterocycles. The van der Waals surface area contributed by atoms with Crippen LogP contribution >= 0.6 is 0 Å².